The highest BCUT2D eigenvalue weighted by Crippen LogP contribution is 2.28. The standard InChI is InChI=1S/C17H29N3O2/c1-17(2,3)22-16(21)19-14-8-10-20(11-9-14)15-6-4-13(12-18)5-7-15/h13-15H,4-11H2,1-3H3,(H,19,21). The van der Waals surface area contributed by atoms with Crippen LogP contribution in [0.4, 0.5) is 4.79 Å². The molecule has 2 aliphatic rings. The number of nitriles is 1. The van der Waals surface area contributed by atoms with Gasteiger partial charge >= 0.3 is 6.09 Å². The van der Waals surface area contributed by atoms with Crippen LogP contribution in [0.1, 0.15) is 59.3 Å². The van der Waals surface area contributed by atoms with Crippen molar-refractivity contribution in [2.24, 2.45) is 5.92 Å². The summed E-state index contributed by atoms with van der Waals surface area (Å²) in [7, 11) is 0. The van der Waals surface area contributed by atoms with Gasteiger partial charge in [0.25, 0.3) is 0 Å². The van der Waals surface area contributed by atoms with Crippen LogP contribution in [0.15, 0.2) is 0 Å². The maximum atomic E-state index is 11.8. The van der Waals surface area contributed by atoms with Gasteiger partial charge in [0.15, 0.2) is 0 Å². The van der Waals surface area contributed by atoms with Gasteiger partial charge in [-0.2, -0.15) is 5.26 Å². The van der Waals surface area contributed by atoms with E-state index in [9.17, 15) is 4.79 Å². The molecule has 0 aromatic heterocycles. The number of rotatable bonds is 2. The van der Waals surface area contributed by atoms with Gasteiger partial charge in [-0.05, 0) is 59.3 Å². The van der Waals surface area contributed by atoms with Crippen molar-refractivity contribution in [1.29, 1.82) is 5.26 Å². The van der Waals surface area contributed by atoms with Crippen LogP contribution < -0.4 is 5.32 Å². The molecule has 2 fully saturated rings. The fourth-order valence-electron chi connectivity index (χ4n) is 3.45. The van der Waals surface area contributed by atoms with Crippen molar-refractivity contribution in [2.75, 3.05) is 13.1 Å². The maximum absolute atomic E-state index is 11.8. The third-order valence-electron chi connectivity index (χ3n) is 4.65. The fraction of sp³-hybridized carbons (Fsp3) is 0.882. The van der Waals surface area contributed by atoms with E-state index in [1.165, 1.54) is 0 Å². The molecule has 0 radical (unpaired) electrons. The number of piperidine rings is 1. The normalized spacial score (nSPS) is 27.9. The number of nitrogens with zero attached hydrogens (tertiary/aromatic N) is 2. The van der Waals surface area contributed by atoms with Crippen LogP contribution in [-0.2, 0) is 4.74 Å². The summed E-state index contributed by atoms with van der Waals surface area (Å²) in [5.74, 6) is 0.266. The van der Waals surface area contributed by atoms with E-state index in [4.69, 9.17) is 10.00 Å². The van der Waals surface area contributed by atoms with Crippen molar-refractivity contribution in [3.05, 3.63) is 0 Å². The number of nitrogens with one attached hydrogen (secondary N) is 1. The van der Waals surface area contributed by atoms with Gasteiger partial charge in [0.2, 0.25) is 0 Å². The Kier molecular flexibility index (Phi) is 5.69. The molecule has 0 aromatic rings. The molecular formula is C17H29N3O2. The molecule has 0 bridgehead atoms. The number of alkyl carbamates (subject to hydrolysis) is 1. The van der Waals surface area contributed by atoms with E-state index in [0.717, 1.165) is 51.6 Å². The Labute approximate surface area is 134 Å². The van der Waals surface area contributed by atoms with Crippen LogP contribution in [0.3, 0.4) is 0 Å². The Morgan fingerprint density at radius 2 is 1.73 bits per heavy atom. The van der Waals surface area contributed by atoms with Gasteiger partial charge in [0, 0.05) is 31.1 Å². The van der Waals surface area contributed by atoms with E-state index in [0.29, 0.717) is 6.04 Å². The first-order chi connectivity index (χ1) is 10.4. The Morgan fingerprint density at radius 3 is 2.23 bits per heavy atom. The van der Waals surface area contributed by atoms with Gasteiger partial charge in [-0.1, -0.05) is 0 Å². The quantitative estimate of drug-likeness (QED) is 0.851. The Morgan fingerprint density at radius 1 is 1.14 bits per heavy atom. The van der Waals surface area contributed by atoms with Crippen molar-refractivity contribution < 1.29 is 9.53 Å². The van der Waals surface area contributed by atoms with Crippen LogP contribution in [0, 0.1) is 17.2 Å². The highest BCUT2D eigenvalue weighted by Gasteiger charge is 2.29. The summed E-state index contributed by atoms with van der Waals surface area (Å²) >= 11 is 0. The zero-order valence-electron chi connectivity index (χ0n) is 14.1. The topological polar surface area (TPSA) is 65.4 Å². The van der Waals surface area contributed by atoms with Crippen molar-refractivity contribution in [1.82, 2.24) is 10.2 Å². The molecular weight excluding hydrogens is 278 g/mol. The molecule has 1 aliphatic heterocycles. The van der Waals surface area contributed by atoms with Crippen LogP contribution in [0.2, 0.25) is 0 Å². The monoisotopic (exact) mass is 307 g/mol. The minimum absolute atomic E-state index is 0.224. The molecule has 1 heterocycles. The van der Waals surface area contributed by atoms with Crippen molar-refractivity contribution in [2.45, 2.75) is 77.0 Å². The van der Waals surface area contributed by atoms with E-state index < -0.39 is 5.60 Å². The van der Waals surface area contributed by atoms with E-state index >= 15 is 0 Å². The molecule has 0 aromatic carbocycles. The average molecular weight is 307 g/mol. The smallest absolute Gasteiger partial charge is 0.407 e. The summed E-state index contributed by atoms with van der Waals surface area (Å²) in [5, 5.41) is 12.0. The van der Waals surface area contributed by atoms with Crippen molar-refractivity contribution in [3.63, 3.8) is 0 Å². The predicted octanol–water partition coefficient (Wildman–Crippen LogP) is 3.06. The van der Waals surface area contributed by atoms with Crippen LogP contribution in [-0.4, -0.2) is 41.8 Å². The number of amides is 1. The molecule has 1 N–H and O–H groups in total. The van der Waals surface area contributed by atoms with Crippen molar-refractivity contribution >= 4 is 6.09 Å². The Hall–Kier alpha value is -1.28. The molecule has 0 spiro atoms. The van der Waals surface area contributed by atoms with Crippen molar-refractivity contribution in [3.8, 4) is 6.07 Å². The summed E-state index contributed by atoms with van der Waals surface area (Å²) in [5.41, 5.74) is -0.440. The Balaban J connectivity index is 1.70. The minimum Gasteiger partial charge on any atom is -0.444 e. The van der Waals surface area contributed by atoms with Gasteiger partial charge in [-0.25, -0.2) is 4.79 Å². The number of carbonyl (C=O) groups excluding carboxylic acids is 1. The summed E-state index contributed by atoms with van der Waals surface area (Å²) in [6.07, 6.45) is 6.02. The van der Waals surface area contributed by atoms with Gasteiger partial charge in [0.1, 0.15) is 5.60 Å². The molecule has 1 saturated heterocycles. The molecule has 124 valence electrons. The predicted molar refractivity (Wildman–Crippen MR) is 85.3 cm³/mol. The summed E-state index contributed by atoms with van der Waals surface area (Å²) in [6.45, 7) is 7.71. The van der Waals surface area contributed by atoms with Crippen LogP contribution in [0.5, 0.6) is 0 Å². The molecule has 2 rings (SSSR count). The highest BCUT2D eigenvalue weighted by atomic mass is 16.6. The average Bonchev–Trinajstić information content (AvgIpc) is 2.46. The van der Waals surface area contributed by atoms with Gasteiger partial charge in [-0.15, -0.1) is 0 Å². The van der Waals surface area contributed by atoms with E-state index in [1.807, 2.05) is 20.8 Å². The lowest BCUT2D eigenvalue weighted by Crippen LogP contribution is -2.49. The number of carbonyl (C=O) groups is 1. The maximum Gasteiger partial charge on any atom is 0.407 e. The third kappa shape index (κ3) is 5.17. The van der Waals surface area contributed by atoms with Crippen LogP contribution in [0.25, 0.3) is 0 Å². The van der Waals surface area contributed by atoms with E-state index in [2.05, 4.69) is 16.3 Å². The summed E-state index contributed by atoms with van der Waals surface area (Å²) in [4.78, 5) is 14.3. The minimum atomic E-state index is -0.440. The number of hydrogen-bond acceptors (Lipinski definition) is 4. The molecule has 1 amide bonds. The van der Waals surface area contributed by atoms with Gasteiger partial charge in [-0.3, -0.25) is 0 Å². The Bertz CT molecular complexity index is 409. The number of ether oxygens (including phenoxy) is 1. The second-order valence-electron chi connectivity index (χ2n) is 7.59. The zero-order valence-corrected chi connectivity index (χ0v) is 14.1. The summed E-state index contributed by atoms with van der Waals surface area (Å²) in [6, 6.07) is 3.25. The molecule has 0 atom stereocenters. The van der Waals surface area contributed by atoms with Gasteiger partial charge < -0.3 is 15.0 Å². The molecule has 0 unspecified atom stereocenters. The fourth-order valence-corrected chi connectivity index (χ4v) is 3.45. The molecule has 22 heavy (non-hydrogen) atoms. The molecule has 5 nitrogen and oxygen atoms in total. The SMILES string of the molecule is CC(C)(C)OC(=O)NC1CCN(C2CCC(C#N)CC2)CC1. The first-order valence-corrected chi connectivity index (χ1v) is 8.50. The van der Waals surface area contributed by atoms with Crippen LogP contribution >= 0.6 is 0 Å². The first kappa shape index (κ1) is 17.1. The van der Waals surface area contributed by atoms with E-state index in [-0.39, 0.29) is 18.1 Å². The lowest BCUT2D eigenvalue weighted by molar-refractivity contribution is 0.0457. The molecule has 1 aliphatic carbocycles. The number of likely N-dealkylation sites (tertiary alicyclic amines) is 1. The highest BCUT2D eigenvalue weighted by molar-refractivity contribution is 5.68. The number of hydrogen-bond donors (Lipinski definition) is 1. The first-order valence-electron chi connectivity index (χ1n) is 8.50. The molecule has 1 saturated carbocycles. The second-order valence-corrected chi connectivity index (χ2v) is 7.59. The largest absolute Gasteiger partial charge is 0.444 e. The zero-order chi connectivity index (χ0) is 16.2. The third-order valence-corrected chi connectivity index (χ3v) is 4.65. The second kappa shape index (κ2) is 7.32. The van der Waals surface area contributed by atoms with Gasteiger partial charge in [0.05, 0.1) is 6.07 Å². The summed E-state index contributed by atoms with van der Waals surface area (Å²) < 4.78 is 5.31. The molecule has 5 heteroatoms. The lowest BCUT2D eigenvalue weighted by Gasteiger charge is -2.40. The lowest BCUT2D eigenvalue weighted by atomic mass is 9.85. The van der Waals surface area contributed by atoms with E-state index in [1.54, 1.807) is 0 Å².